The highest BCUT2D eigenvalue weighted by atomic mass is 16.5. The van der Waals surface area contributed by atoms with Gasteiger partial charge in [-0.25, -0.2) is 0 Å². The number of fused-ring (bicyclic) bond motifs is 1. The molecule has 11 heteroatoms. The Hall–Kier alpha value is -4.51. The van der Waals surface area contributed by atoms with Crippen molar-refractivity contribution in [3.8, 4) is 17.2 Å². The fourth-order valence-corrected chi connectivity index (χ4v) is 5.14. The molecule has 0 aliphatic carbocycles. The van der Waals surface area contributed by atoms with Crippen LogP contribution in [0, 0.1) is 6.92 Å². The van der Waals surface area contributed by atoms with E-state index >= 15 is 0 Å². The molecule has 216 valence electrons. The largest absolute Gasteiger partial charge is 0.507 e. The summed E-state index contributed by atoms with van der Waals surface area (Å²) >= 11 is 0. The third-order valence-corrected chi connectivity index (χ3v) is 7.30. The molecule has 0 atom stereocenters. The average Bonchev–Trinajstić information content (AvgIpc) is 3.56. The summed E-state index contributed by atoms with van der Waals surface area (Å²) in [4.78, 5) is 43.1. The number of amides is 3. The molecule has 3 heterocycles. The first-order valence-electron chi connectivity index (χ1n) is 13.6. The summed E-state index contributed by atoms with van der Waals surface area (Å²) in [5.74, 6) is 0.264. The number of carbonyl (C=O) groups is 3. The van der Waals surface area contributed by atoms with Crippen molar-refractivity contribution in [3.05, 3.63) is 76.2 Å². The minimum atomic E-state index is -0.513. The number of carbonyl (C=O) groups excluding carboxylic acids is 3. The number of nitrogens with zero attached hydrogens (tertiary/aromatic N) is 3. The summed E-state index contributed by atoms with van der Waals surface area (Å²) in [6, 6.07) is 11.5. The number of ether oxygens (including phenoxy) is 1. The van der Waals surface area contributed by atoms with Crippen LogP contribution in [0.25, 0.3) is 0 Å². The van der Waals surface area contributed by atoms with Crippen LogP contribution in [0.15, 0.2) is 46.9 Å². The molecule has 1 aromatic heterocycles. The van der Waals surface area contributed by atoms with Crippen LogP contribution < -0.4 is 10.1 Å². The number of phenols is 2. The van der Waals surface area contributed by atoms with Crippen LogP contribution >= 0.6 is 0 Å². The summed E-state index contributed by atoms with van der Waals surface area (Å²) in [7, 11) is 1.57. The van der Waals surface area contributed by atoms with E-state index in [4.69, 9.17) is 9.15 Å². The minimum Gasteiger partial charge on any atom is -0.507 e. The SMILES string of the molecule is Cc1ccc(CN(C)C(=O)c2cc(C(=O)N3Cc4ccc(OCCCN5CCNC(=O)C5)cc4C3)c(O)cc2O)o1. The van der Waals surface area contributed by atoms with Crippen LogP contribution in [0.5, 0.6) is 17.2 Å². The normalized spacial score (nSPS) is 15.0. The van der Waals surface area contributed by atoms with Gasteiger partial charge < -0.3 is 34.5 Å². The first-order valence-corrected chi connectivity index (χ1v) is 13.6. The Labute approximate surface area is 237 Å². The number of hydrogen-bond donors (Lipinski definition) is 3. The van der Waals surface area contributed by atoms with Crippen LogP contribution in [0.1, 0.15) is 49.8 Å². The van der Waals surface area contributed by atoms with Gasteiger partial charge in [-0.1, -0.05) is 6.07 Å². The van der Waals surface area contributed by atoms with Gasteiger partial charge in [0.1, 0.15) is 28.8 Å². The molecule has 3 aromatic rings. The standard InChI is InChI=1S/C30H34N4O7/c1-19-4-6-23(41-19)17-32(2)29(38)24-13-25(27(36)14-26(24)35)30(39)34-15-20-5-7-22(12-21(20)16-34)40-11-3-9-33-10-8-31-28(37)18-33/h4-7,12-14,35-36H,3,8-11,15-18H2,1-2H3,(H,31,37). The molecule has 0 saturated carbocycles. The molecule has 3 N–H and O–H groups in total. The maximum absolute atomic E-state index is 13.4. The van der Waals surface area contributed by atoms with E-state index < -0.39 is 23.3 Å². The molecule has 2 aromatic carbocycles. The van der Waals surface area contributed by atoms with Gasteiger partial charge in [-0.05, 0) is 54.8 Å². The lowest BCUT2D eigenvalue weighted by Crippen LogP contribution is -2.47. The fraction of sp³-hybridized carbons (Fsp3) is 0.367. The first kappa shape index (κ1) is 28.0. The highest BCUT2D eigenvalue weighted by Crippen LogP contribution is 2.33. The quantitative estimate of drug-likeness (QED) is 0.339. The van der Waals surface area contributed by atoms with Gasteiger partial charge in [0.05, 0.1) is 30.8 Å². The summed E-state index contributed by atoms with van der Waals surface area (Å²) in [5, 5.41) is 23.7. The molecule has 11 nitrogen and oxygen atoms in total. The molecule has 3 amide bonds. The van der Waals surface area contributed by atoms with Crippen molar-refractivity contribution in [2.24, 2.45) is 0 Å². The summed E-state index contributed by atoms with van der Waals surface area (Å²) in [5.41, 5.74) is 1.75. The van der Waals surface area contributed by atoms with E-state index in [0.717, 1.165) is 42.5 Å². The van der Waals surface area contributed by atoms with Crippen molar-refractivity contribution in [2.75, 3.05) is 39.8 Å². The van der Waals surface area contributed by atoms with Crippen molar-refractivity contribution in [2.45, 2.75) is 33.0 Å². The fourth-order valence-electron chi connectivity index (χ4n) is 5.14. The predicted molar refractivity (Wildman–Crippen MR) is 149 cm³/mol. The second-order valence-corrected chi connectivity index (χ2v) is 10.5. The van der Waals surface area contributed by atoms with Crippen molar-refractivity contribution in [1.82, 2.24) is 20.0 Å². The summed E-state index contributed by atoms with van der Waals surface area (Å²) < 4.78 is 11.5. The molecular weight excluding hydrogens is 528 g/mol. The van der Waals surface area contributed by atoms with Crippen LogP contribution in [0.2, 0.25) is 0 Å². The van der Waals surface area contributed by atoms with Crippen LogP contribution in [-0.2, 0) is 24.4 Å². The molecule has 5 rings (SSSR count). The Morgan fingerprint density at radius 1 is 1.02 bits per heavy atom. The Kier molecular flexibility index (Phi) is 8.16. The number of nitrogens with one attached hydrogen (secondary N) is 1. The van der Waals surface area contributed by atoms with Gasteiger partial charge in [0.2, 0.25) is 5.91 Å². The first-order chi connectivity index (χ1) is 19.7. The second-order valence-electron chi connectivity index (χ2n) is 10.5. The lowest BCUT2D eigenvalue weighted by atomic mass is 10.1. The van der Waals surface area contributed by atoms with Crippen molar-refractivity contribution >= 4 is 17.7 Å². The maximum atomic E-state index is 13.4. The van der Waals surface area contributed by atoms with Gasteiger partial charge in [0, 0.05) is 45.8 Å². The van der Waals surface area contributed by atoms with Crippen LogP contribution in [0.4, 0.5) is 0 Å². The Morgan fingerprint density at radius 3 is 2.56 bits per heavy atom. The summed E-state index contributed by atoms with van der Waals surface area (Å²) in [6.45, 7) is 5.84. The zero-order valence-corrected chi connectivity index (χ0v) is 23.2. The monoisotopic (exact) mass is 562 g/mol. The number of rotatable bonds is 9. The van der Waals surface area contributed by atoms with Crippen molar-refractivity contribution in [3.63, 3.8) is 0 Å². The summed E-state index contributed by atoms with van der Waals surface area (Å²) in [6.07, 6.45) is 0.784. The van der Waals surface area contributed by atoms with Gasteiger partial charge in [0.15, 0.2) is 0 Å². The number of aromatic hydroxyl groups is 2. The number of benzene rings is 2. The molecule has 0 spiro atoms. The Morgan fingerprint density at radius 2 is 1.80 bits per heavy atom. The minimum absolute atomic E-state index is 0.0470. The van der Waals surface area contributed by atoms with Gasteiger partial charge in [0.25, 0.3) is 11.8 Å². The van der Waals surface area contributed by atoms with E-state index in [1.165, 1.54) is 11.0 Å². The van der Waals surface area contributed by atoms with E-state index in [2.05, 4.69) is 10.2 Å². The predicted octanol–water partition coefficient (Wildman–Crippen LogP) is 2.63. The highest BCUT2D eigenvalue weighted by Gasteiger charge is 2.29. The van der Waals surface area contributed by atoms with Crippen LogP contribution in [0.3, 0.4) is 0 Å². The second kappa shape index (κ2) is 11.9. The lowest BCUT2D eigenvalue weighted by molar-refractivity contribution is -0.124. The molecule has 2 aliphatic rings. The molecule has 0 unspecified atom stereocenters. The molecule has 1 fully saturated rings. The van der Waals surface area contributed by atoms with E-state index in [-0.39, 0.29) is 23.6 Å². The molecule has 41 heavy (non-hydrogen) atoms. The van der Waals surface area contributed by atoms with Crippen molar-refractivity contribution < 1.29 is 33.8 Å². The van der Waals surface area contributed by atoms with E-state index in [1.54, 1.807) is 31.0 Å². The lowest BCUT2D eigenvalue weighted by Gasteiger charge is -2.26. The number of furan rings is 1. The highest BCUT2D eigenvalue weighted by molar-refractivity contribution is 6.03. The smallest absolute Gasteiger partial charge is 0.258 e. The number of phenolic OH excluding ortho intramolecular Hbond substituents is 2. The topological polar surface area (TPSA) is 136 Å². The molecule has 1 saturated heterocycles. The molecule has 0 bridgehead atoms. The van der Waals surface area contributed by atoms with Gasteiger partial charge in [-0.3, -0.25) is 19.3 Å². The Balaban J connectivity index is 1.20. The third kappa shape index (κ3) is 6.46. The van der Waals surface area contributed by atoms with E-state index in [9.17, 15) is 24.6 Å². The zero-order valence-electron chi connectivity index (χ0n) is 23.2. The third-order valence-electron chi connectivity index (χ3n) is 7.30. The number of hydrogen-bond acceptors (Lipinski definition) is 8. The number of piperazine rings is 1. The van der Waals surface area contributed by atoms with E-state index in [0.29, 0.717) is 44.3 Å². The van der Waals surface area contributed by atoms with Crippen molar-refractivity contribution in [1.29, 1.82) is 0 Å². The number of aryl methyl sites for hydroxylation is 1. The van der Waals surface area contributed by atoms with Gasteiger partial charge >= 0.3 is 0 Å². The zero-order chi connectivity index (χ0) is 29.1. The molecule has 2 aliphatic heterocycles. The molecular formula is C30H34N4O7. The molecule has 0 radical (unpaired) electrons. The van der Waals surface area contributed by atoms with Crippen LogP contribution in [-0.4, -0.2) is 82.5 Å². The van der Waals surface area contributed by atoms with Gasteiger partial charge in [-0.15, -0.1) is 0 Å². The van der Waals surface area contributed by atoms with Gasteiger partial charge in [-0.2, -0.15) is 0 Å². The maximum Gasteiger partial charge on any atom is 0.258 e. The Bertz CT molecular complexity index is 1470. The van der Waals surface area contributed by atoms with E-state index in [1.807, 2.05) is 18.2 Å². The average molecular weight is 563 g/mol.